The van der Waals surface area contributed by atoms with Gasteiger partial charge in [-0.15, -0.1) is 0 Å². The number of hydrogen-bond donors (Lipinski definition) is 1. The van der Waals surface area contributed by atoms with Crippen molar-refractivity contribution in [1.29, 1.82) is 0 Å². The van der Waals surface area contributed by atoms with E-state index in [2.05, 4.69) is 5.32 Å². The molecule has 0 aliphatic heterocycles. The van der Waals surface area contributed by atoms with Crippen LogP contribution in [0.25, 0.3) is 0 Å². The number of anilines is 2. The van der Waals surface area contributed by atoms with Crippen molar-refractivity contribution in [2.75, 3.05) is 22.4 Å². The van der Waals surface area contributed by atoms with E-state index in [-0.39, 0.29) is 6.54 Å². The molecule has 0 radical (unpaired) electrons. The second-order valence-corrected chi connectivity index (χ2v) is 7.59. The van der Waals surface area contributed by atoms with Gasteiger partial charge in [0.15, 0.2) is 0 Å². The molecule has 0 bridgehead atoms. The van der Waals surface area contributed by atoms with E-state index in [1.165, 1.54) is 6.07 Å². The summed E-state index contributed by atoms with van der Waals surface area (Å²) in [5.74, 6) is -0.488. The standard InChI is InChI=1S/C15H14Cl2N2O3S/c1-23(21,22)19(14-7-3-5-12(17)9-14)10-15(20)18-13-6-2-4-11(16)8-13/h2-9H,10H2,1H3,(H,18,20). The minimum atomic E-state index is -3.64. The van der Waals surface area contributed by atoms with Crippen LogP contribution in [0.4, 0.5) is 11.4 Å². The van der Waals surface area contributed by atoms with E-state index in [9.17, 15) is 13.2 Å². The first-order valence-corrected chi connectivity index (χ1v) is 9.15. The third kappa shape index (κ3) is 5.13. The molecule has 23 heavy (non-hydrogen) atoms. The maximum Gasteiger partial charge on any atom is 0.245 e. The lowest BCUT2D eigenvalue weighted by atomic mass is 10.3. The number of carbonyl (C=O) groups is 1. The van der Waals surface area contributed by atoms with E-state index >= 15 is 0 Å². The monoisotopic (exact) mass is 372 g/mol. The predicted molar refractivity (Wildman–Crippen MR) is 93.7 cm³/mol. The van der Waals surface area contributed by atoms with Crippen LogP contribution in [-0.2, 0) is 14.8 Å². The molecule has 0 saturated carbocycles. The van der Waals surface area contributed by atoms with Gasteiger partial charge in [0.05, 0.1) is 11.9 Å². The predicted octanol–water partition coefficient (Wildman–Crippen LogP) is 3.40. The number of sulfonamides is 1. The van der Waals surface area contributed by atoms with Crippen molar-refractivity contribution in [3.05, 3.63) is 58.6 Å². The van der Waals surface area contributed by atoms with Crippen molar-refractivity contribution in [2.45, 2.75) is 0 Å². The molecule has 8 heteroatoms. The van der Waals surface area contributed by atoms with Crippen LogP contribution < -0.4 is 9.62 Å². The van der Waals surface area contributed by atoms with Crippen molar-refractivity contribution in [2.24, 2.45) is 0 Å². The molecule has 122 valence electrons. The summed E-state index contributed by atoms with van der Waals surface area (Å²) in [4.78, 5) is 12.1. The first-order chi connectivity index (χ1) is 10.8. The van der Waals surface area contributed by atoms with Gasteiger partial charge in [-0.1, -0.05) is 35.3 Å². The lowest BCUT2D eigenvalue weighted by Crippen LogP contribution is -2.37. The molecule has 0 atom stereocenters. The van der Waals surface area contributed by atoms with E-state index < -0.39 is 15.9 Å². The van der Waals surface area contributed by atoms with Crippen molar-refractivity contribution in [1.82, 2.24) is 0 Å². The SMILES string of the molecule is CS(=O)(=O)N(CC(=O)Nc1cccc(Cl)c1)c1cccc(Cl)c1. The van der Waals surface area contributed by atoms with Crippen molar-refractivity contribution >= 4 is 50.5 Å². The van der Waals surface area contributed by atoms with Crippen LogP contribution in [0.15, 0.2) is 48.5 Å². The van der Waals surface area contributed by atoms with Crippen LogP contribution in [0, 0.1) is 0 Å². The van der Waals surface area contributed by atoms with Crippen LogP contribution in [0.5, 0.6) is 0 Å². The number of benzene rings is 2. The van der Waals surface area contributed by atoms with Gasteiger partial charge < -0.3 is 5.32 Å². The summed E-state index contributed by atoms with van der Waals surface area (Å²) in [5.41, 5.74) is 0.809. The number of rotatable bonds is 5. The first-order valence-electron chi connectivity index (χ1n) is 6.54. The van der Waals surface area contributed by atoms with Gasteiger partial charge >= 0.3 is 0 Å². The van der Waals surface area contributed by atoms with Crippen LogP contribution >= 0.6 is 23.2 Å². The number of amides is 1. The minimum Gasteiger partial charge on any atom is -0.324 e. The molecule has 2 rings (SSSR count). The molecule has 2 aromatic carbocycles. The van der Waals surface area contributed by atoms with Crippen molar-refractivity contribution in [3.8, 4) is 0 Å². The van der Waals surface area contributed by atoms with Crippen LogP contribution in [0.1, 0.15) is 0 Å². The molecule has 0 aromatic heterocycles. The van der Waals surface area contributed by atoms with Gasteiger partial charge in [-0.05, 0) is 36.4 Å². The molecule has 0 heterocycles. The van der Waals surface area contributed by atoms with Crippen LogP contribution in [0.2, 0.25) is 10.0 Å². The van der Waals surface area contributed by atoms with Crippen LogP contribution in [0.3, 0.4) is 0 Å². The number of hydrogen-bond acceptors (Lipinski definition) is 3. The fourth-order valence-electron chi connectivity index (χ4n) is 1.93. The third-order valence-corrected chi connectivity index (χ3v) is 4.50. The molecule has 0 unspecified atom stereocenters. The number of carbonyl (C=O) groups excluding carboxylic acids is 1. The van der Waals surface area contributed by atoms with E-state index in [0.717, 1.165) is 10.6 Å². The average Bonchev–Trinajstić information content (AvgIpc) is 2.43. The highest BCUT2D eigenvalue weighted by molar-refractivity contribution is 7.92. The van der Waals surface area contributed by atoms with E-state index in [4.69, 9.17) is 23.2 Å². The number of nitrogens with one attached hydrogen (secondary N) is 1. The summed E-state index contributed by atoms with van der Waals surface area (Å²) in [6, 6.07) is 12.9. The van der Waals surface area contributed by atoms with Gasteiger partial charge in [0.2, 0.25) is 15.9 Å². The maximum atomic E-state index is 12.1. The highest BCUT2D eigenvalue weighted by Crippen LogP contribution is 2.22. The lowest BCUT2D eigenvalue weighted by molar-refractivity contribution is -0.114. The zero-order valence-corrected chi connectivity index (χ0v) is 14.5. The molecular formula is C15H14Cl2N2O3S. The highest BCUT2D eigenvalue weighted by atomic mass is 35.5. The Morgan fingerprint density at radius 1 is 1.09 bits per heavy atom. The molecule has 0 aliphatic carbocycles. The Kier molecular flexibility index (Phi) is 5.51. The molecule has 1 amide bonds. The Hall–Kier alpha value is -1.76. The topological polar surface area (TPSA) is 66.5 Å². The Bertz CT molecular complexity index is 825. The molecule has 1 N–H and O–H groups in total. The van der Waals surface area contributed by atoms with Gasteiger partial charge in [0.1, 0.15) is 6.54 Å². The fraction of sp³-hybridized carbons (Fsp3) is 0.133. The van der Waals surface area contributed by atoms with Crippen molar-refractivity contribution in [3.63, 3.8) is 0 Å². The largest absolute Gasteiger partial charge is 0.324 e. The molecule has 0 saturated heterocycles. The first kappa shape index (κ1) is 17.6. The second kappa shape index (κ2) is 7.21. The average molecular weight is 373 g/mol. The van der Waals surface area contributed by atoms with E-state index in [0.29, 0.717) is 21.4 Å². The summed E-state index contributed by atoms with van der Waals surface area (Å²) in [6.07, 6.45) is 1.03. The van der Waals surface area contributed by atoms with Crippen molar-refractivity contribution < 1.29 is 13.2 Å². The third-order valence-electron chi connectivity index (χ3n) is 2.89. The summed E-state index contributed by atoms with van der Waals surface area (Å²) < 4.78 is 24.9. The summed E-state index contributed by atoms with van der Waals surface area (Å²) in [5, 5.41) is 3.46. The quantitative estimate of drug-likeness (QED) is 0.874. The smallest absolute Gasteiger partial charge is 0.245 e. The van der Waals surface area contributed by atoms with Gasteiger partial charge in [-0.3, -0.25) is 9.10 Å². The maximum absolute atomic E-state index is 12.1. The number of nitrogens with zero attached hydrogens (tertiary/aromatic N) is 1. The highest BCUT2D eigenvalue weighted by Gasteiger charge is 2.21. The second-order valence-electron chi connectivity index (χ2n) is 4.81. The normalized spacial score (nSPS) is 11.1. The summed E-state index contributed by atoms with van der Waals surface area (Å²) >= 11 is 11.7. The lowest BCUT2D eigenvalue weighted by Gasteiger charge is -2.22. The van der Waals surface area contributed by atoms with Crippen LogP contribution in [-0.4, -0.2) is 27.1 Å². The Morgan fingerprint density at radius 3 is 2.26 bits per heavy atom. The molecule has 5 nitrogen and oxygen atoms in total. The Morgan fingerprint density at radius 2 is 1.70 bits per heavy atom. The fourth-order valence-corrected chi connectivity index (χ4v) is 3.15. The van der Waals surface area contributed by atoms with Gasteiger partial charge in [-0.25, -0.2) is 8.42 Å². The molecule has 0 fully saturated rings. The minimum absolute atomic E-state index is 0.321. The van der Waals surface area contributed by atoms with E-state index in [1.54, 1.807) is 42.5 Å². The molecular weight excluding hydrogens is 359 g/mol. The zero-order chi connectivity index (χ0) is 17.0. The van der Waals surface area contributed by atoms with Gasteiger partial charge in [-0.2, -0.15) is 0 Å². The Balaban J connectivity index is 2.20. The molecule has 2 aromatic rings. The summed E-state index contributed by atoms with van der Waals surface area (Å²) in [7, 11) is -3.64. The van der Waals surface area contributed by atoms with E-state index in [1.807, 2.05) is 0 Å². The van der Waals surface area contributed by atoms with Gasteiger partial charge in [0.25, 0.3) is 0 Å². The number of halogens is 2. The summed E-state index contributed by atoms with van der Waals surface area (Å²) in [6.45, 7) is -0.369. The zero-order valence-electron chi connectivity index (χ0n) is 12.2. The van der Waals surface area contributed by atoms with Gasteiger partial charge in [0, 0.05) is 15.7 Å². The molecule has 0 aliphatic rings. The Labute approximate surface area is 144 Å². The molecule has 0 spiro atoms.